The molecule has 5 aromatic rings. The zero-order valence-corrected chi connectivity index (χ0v) is 42.9. The van der Waals surface area contributed by atoms with Crippen LogP contribution in [-0.2, 0) is 32.0 Å². The van der Waals surface area contributed by atoms with E-state index in [0.29, 0.717) is 66.3 Å². The molecule has 0 aromatic heterocycles. The van der Waals surface area contributed by atoms with Crippen molar-refractivity contribution in [1.29, 1.82) is 0 Å². The molecular weight excluding hydrogens is 1020 g/mol. The number of ketones is 2. The van der Waals surface area contributed by atoms with Gasteiger partial charge in [-0.2, -0.15) is 20.5 Å². The maximum Gasteiger partial charge on any atom is 0.258 e. The van der Waals surface area contributed by atoms with Crippen molar-refractivity contribution in [2.24, 2.45) is 20.5 Å². The first-order valence-corrected chi connectivity index (χ1v) is 24.3. The fourth-order valence-electron chi connectivity index (χ4n) is 6.82. The number of amides is 4. The van der Waals surface area contributed by atoms with Crippen LogP contribution in [0.5, 0.6) is 11.5 Å². The third-order valence-electron chi connectivity index (χ3n) is 10.2. The minimum absolute atomic E-state index is 0.00909. The molecule has 0 bridgehead atoms. The average Bonchev–Trinajstić information content (AvgIpc) is 3.32. The van der Waals surface area contributed by atoms with Crippen LogP contribution in [0, 0.1) is 0 Å². The summed E-state index contributed by atoms with van der Waals surface area (Å²) < 4.78 is 11.6. The lowest BCUT2D eigenvalue weighted by atomic mass is 10.1. The van der Waals surface area contributed by atoms with Crippen LogP contribution in [0.1, 0.15) is 77.4 Å². The van der Waals surface area contributed by atoms with Crippen LogP contribution in [0.15, 0.2) is 111 Å². The first kappa shape index (κ1) is 55.5. The number of alkyl halides is 3. The minimum Gasteiger partial charge on any atom is -0.491 e. The van der Waals surface area contributed by atoms with E-state index in [1.165, 1.54) is 54.6 Å². The van der Waals surface area contributed by atoms with Crippen LogP contribution in [-0.4, -0.2) is 72.3 Å². The lowest BCUT2D eigenvalue weighted by molar-refractivity contribution is -0.127. The van der Waals surface area contributed by atoms with E-state index in [-0.39, 0.29) is 43.9 Å². The summed E-state index contributed by atoms with van der Waals surface area (Å²) in [7, 11) is 0. The Kier molecular flexibility index (Phi) is 20.9. The molecule has 0 aliphatic heterocycles. The van der Waals surface area contributed by atoms with Crippen LogP contribution in [0.2, 0.25) is 10.0 Å². The molecule has 5 aromatic carbocycles. The molecule has 372 valence electrons. The van der Waals surface area contributed by atoms with Crippen molar-refractivity contribution in [1.82, 2.24) is 0 Å². The van der Waals surface area contributed by atoms with Gasteiger partial charge in [-0.25, -0.2) is 0 Å². The summed E-state index contributed by atoms with van der Waals surface area (Å²) in [5.74, 6) is -2.39. The third kappa shape index (κ3) is 15.0. The molecule has 3 unspecified atom stereocenters. The van der Waals surface area contributed by atoms with E-state index in [4.69, 9.17) is 67.5 Å². The number of hydrogen-bond acceptors (Lipinski definition) is 12. The number of para-hydroxylation sites is 2. The van der Waals surface area contributed by atoms with E-state index in [2.05, 4.69) is 41.7 Å². The summed E-state index contributed by atoms with van der Waals surface area (Å²) in [5.41, 5.74) is 3.50. The molecule has 0 aliphatic carbocycles. The van der Waals surface area contributed by atoms with E-state index < -0.39 is 52.7 Å². The number of rotatable bonds is 23. The number of halogens is 5. The van der Waals surface area contributed by atoms with Gasteiger partial charge in [0.1, 0.15) is 22.9 Å². The Balaban J connectivity index is 1.29. The van der Waals surface area contributed by atoms with Crippen molar-refractivity contribution in [2.45, 2.75) is 64.9 Å². The van der Waals surface area contributed by atoms with E-state index in [1.807, 2.05) is 26.0 Å². The number of azo groups is 2. The minimum atomic E-state index is -1.66. The van der Waals surface area contributed by atoms with Gasteiger partial charge in [-0.1, -0.05) is 47.5 Å². The summed E-state index contributed by atoms with van der Waals surface area (Å²) in [6, 6.07) is 20.2. The number of carbonyl (C=O) groups is 6. The fourth-order valence-corrected chi connectivity index (χ4v) is 7.71. The predicted molar refractivity (Wildman–Crippen MR) is 279 cm³/mol. The van der Waals surface area contributed by atoms with Crippen molar-refractivity contribution in [3.05, 3.63) is 129 Å². The summed E-state index contributed by atoms with van der Waals surface area (Å²) >= 11 is 31.3. The van der Waals surface area contributed by atoms with Crippen molar-refractivity contribution >= 4 is 127 Å². The Morgan fingerprint density at radius 1 is 0.577 bits per heavy atom. The second-order valence-electron chi connectivity index (χ2n) is 15.4. The maximum atomic E-state index is 13.6. The number of hydrogen-bond donors (Lipinski definition) is 4. The van der Waals surface area contributed by atoms with Gasteiger partial charge in [-0.3, -0.25) is 28.8 Å². The first-order valence-electron chi connectivity index (χ1n) is 22.0. The number of ether oxygens (including phenoxy) is 2. The Labute approximate surface area is 435 Å². The van der Waals surface area contributed by atoms with Gasteiger partial charge in [0, 0.05) is 34.3 Å². The lowest BCUT2D eigenvalue weighted by Crippen LogP contribution is -2.32. The Bertz CT molecular complexity index is 2860. The zero-order chi connectivity index (χ0) is 51.8. The summed E-state index contributed by atoms with van der Waals surface area (Å²) in [5, 5.41) is 26.5. The van der Waals surface area contributed by atoms with Crippen molar-refractivity contribution in [2.75, 3.05) is 46.2 Å². The topological polar surface area (TPSA) is 218 Å². The van der Waals surface area contributed by atoms with Gasteiger partial charge in [0.25, 0.3) is 23.6 Å². The van der Waals surface area contributed by atoms with Gasteiger partial charge < -0.3 is 30.7 Å². The molecule has 0 fully saturated rings. The second-order valence-corrected chi connectivity index (χ2v) is 17.7. The van der Waals surface area contributed by atoms with Gasteiger partial charge in [0.2, 0.25) is 12.1 Å². The van der Waals surface area contributed by atoms with Crippen LogP contribution < -0.4 is 30.7 Å². The number of aryl methyl sites for hydroxylation is 2. The van der Waals surface area contributed by atoms with Gasteiger partial charge >= 0.3 is 0 Å². The number of carbonyl (C=O) groups excluding carboxylic acids is 6. The first-order chi connectivity index (χ1) is 34.0. The Morgan fingerprint density at radius 3 is 1.44 bits per heavy atom. The Morgan fingerprint density at radius 2 is 1.03 bits per heavy atom. The van der Waals surface area contributed by atoms with Crippen LogP contribution in [0.4, 0.5) is 34.1 Å². The van der Waals surface area contributed by atoms with E-state index >= 15 is 0 Å². The molecule has 71 heavy (non-hydrogen) atoms. The molecule has 4 amide bonds. The highest BCUT2D eigenvalue weighted by Crippen LogP contribution is 2.35. The molecule has 0 heterocycles. The molecule has 0 saturated heterocycles. The van der Waals surface area contributed by atoms with Crippen molar-refractivity contribution < 1.29 is 38.2 Å². The normalized spacial score (nSPS) is 12.5. The average molecular weight is 1070 g/mol. The lowest BCUT2D eigenvalue weighted by Gasteiger charge is -2.17. The monoisotopic (exact) mass is 1060 g/mol. The SMILES string of the molecule is CCOc1c(CCCl)cccc1NC(=O)c1ccc(Cl)c(N=NC(C(C)=O)C(=O)Nc2ccc(NC(=O)C(N=Nc3cc(C(=O)Nc4cccc(CCCl)c4OCC)ccc3Cl)C(C)=O)c(C(C)Cl)c2)c1. The highest BCUT2D eigenvalue weighted by atomic mass is 35.5. The van der Waals surface area contributed by atoms with Crippen LogP contribution >= 0.6 is 58.0 Å². The number of benzene rings is 5. The predicted octanol–water partition coefficient (Wildman–Crippen LogP) is 12.5. The fraction of sp³-hybridized carbons (Fsp3) is 0.280. The smallest absolute Gasteiger partial charge is 0.258 e. The van der Waals surface area contributed by atoms with Gasteiger partial charge in [0.05, 0.1) is 40.0 Å². The number of nitrogens with one attached hydrogen (secondary N) is 4. The molecule has 0 saturated carbocycles. The maximum absolute atomic E-state index is 13.6. The molecule has 21 heteroatoms. The largest absolute Gasteiger partial charge is 0.491 e. The van der Waals surface area contributed by atoms with Crippen molar-refractivity contribution in [3.8, 4) is 11.5 Å². The summed E-state index contributed by atoms with van der Waals surface area (Å²) in [6.45, 7) is 8.28. The van der Waals surface area contributed by atoms with Gasteiger partial charge in [-0.15, -0.1) is 34.8 Å². The van der Waals surface area contributed by atoms with Crippen LogP contribution in [0.25, 0.3) is 0 Å². The highest BCUT2D eigenvalue weighted by Gasteiger charge is 2.27. The molecule has 5 rings (SSSR count). The second kappa shape index (κ2) is 26.7. The zero-order valence-electron chi connectivity index (χ0n) is 39.1. The quantitative estimate of drug-likeness (QED) is 0.0279. The molecule has 0 spiro atoms. The molecule has 0 aliphatic rings. The van der Waals surface area contributed by atoms with Crippen LogP contribution in [0.3, 0.4) is 0 Å². The summed E-state index contributed by atoms with van der Waals surface area (Å²) in [6.07, 6.45) is 1.05. The third-order valence-corrected chi connectivity index (χ3v) is 11.5. The molecule has 16 nitrogen and oxygen atoms in total. The highest BCUT2D eigenvalue weighted by molar-refractivity contribution is 6.33. The number of nitrogens with zero attached hydrogens (tertiary/aromatic N) is 4. The number of Topliss-reactive ketones (excluding diaryl/α,β-unsaturated/α-hetero) is 2. The van der Waals surface area contributed by atoms with E-state index in [0.717, 1.165) is 25.0 Å². The molecule has 4 N–H and O–H groups in total. The number of anilines is 4. The molecule has 0 radical (unpaired) electrons. The standard InChI is InChI=1S/C50H49Cl5N8O8/c1-6-70-45-30(20-22-51)10-8-12-39(45)58-47(66)32-14-17-36(54)41(24-32)60-62-43(28(4)64)49(68)56-34-16-19-38(35(26-34)27(3)53)57-50(69)44(29(5)65)63-61-42-25-33(15-18-37(42)55)48(67)59-40-13-9-11-31(21-23-52)46(40)71-7-2/h8-19,24-27,43-44H,6-7,20-23H2,1-5H3,(H,56,68)(H,57,69)(H,58,66)(H,59,67). The molecular formula is C50H49Cl5N8O8. The van der Waals surface area contributed by atoms with E-state index in [9.17, 15) is 28.8 Å². The molecule has 3 atom stereocenters. The van der Waals surface area contributed by atoms with E-state index in [1.54, 1.807) is 31.2 Å². The Hall–Kier alpha value is -6.43. The van der Waals surface area contributed by atoms with Gasteiger partial charge in [0.15, 0.2) is 11.6 Å². The van der Waals surface area contributed by atoms with Crippen molar-refractivity contribution in [3.63, 3.8) is 0 Å². The van der Waals surface area contributed by atoms with Gasteiger partial charge in [-0.05, 0) is 131 Å². The summed E-state index contributed by atoms with van der Waals surface area (Å²) in [4.78, 5) is 79.5.